The van der Waals surface area contributed by atoms with Gasteiger partial charge in [-0.3, -0.25) is 4.79 Å². The molecule has 2 aromatic heterocycles. The van der Waals surface area contributed by atoms with Gasteiger partial charge in [-0.25, -0.2) is 4.68 Å². The van der Waals surface area contributed by atoms with Crippen LogP contribution in [0.3, 0.4) is 0 Å². The van der Waals surface area contributed by atoms with Gasteiger partial charge in [0.1, 0.15) is 5.76 Å². The summed E-state index contributed by atoms with van der Waals surface area (Å²) < 4.78 is 11.6. The van der Waals surface area contributed by atoms with E-state index in [-0.39, 0.29) is 18.4 Å². The van der Waals surface area contributed by atoms with E-state index in [0.29, 0.717) is 17.3 Å². The molecule has 0 aliphatic heterocycles. The number of rotatable bonds is 5. The van der Waals surface area contributed by atoms with Gasteiger partial charge in [-0.1, -0.05) is 12.1 Å². The summed E-state index contributed by atoms with van der Waals surface area (Å²) in [6.07, 6.45) is 0. The minimum atomic E-state index is -0.307. The lowest BCUT2D eigenvalue weighted by atomic mass is 10.2. The third kappa shape index (κ3) is 3.51. The molecule has 0 saturated carbocycles. The molecule has 0 fully saturated rings. The summed E-state index contributed by atoms with van der Waals surface area (Å²) in [6, 6.07) is 8.82. The first-order valence-corrected chi connectivity index (χ1v) is 6.80. The fourth-order valence-corrected chi connectivity index (χ4v) is 1.96. The molecule has 1 N–H and O–H groups in total. The van der Waals surface area contributed by atoms with Crippen molar-refractivity contribution in [2.45, 2.75) is 6.92 Å². The van der Waals surface area contributed by atoms with Crippen LogP contribution in [0.1, 0.15) is 5.76 Å². The summed E-state index contributed by atoms with van der Waals surface area (Å²) >= 11 is 0. The fourth-order valence-electron chi connectivity index (χ4n) is 1.96. The van der Waals surface area contributed by atoms with Gasteiger partial charge in [-0.05, 0) is 34.6 Å². The van der Waals surface area contributed by atoms with Crippen molar-refractivity contribution in [3.05, 3.63) is 36.1 Å². The Hall–Kier alpha value is -3.23. The van der Waals surface area contributed by atoms with Gasteiger partial charge in [0, 0.05) is 24.4 Å². The number of nitrogens with zero attached hydrogens (tertiary/aromatic N) is 5. The lowest BCUT2D eigenvalue weighted by molar-refractivity contribution is -0.118. The molecule has 0 bridgehead atoms. The molecule has 0 radical (unpaired) electrons. The van der Waals surface area contributed by atoms with Crippen molar-refractivity contribution in [3.63, 3.8) is 0 Å². The zero-order valence-corrected chi connectivity index (χ0v) is 12.6. The van der Waals surface area contributed by atoms with Crippen LogP contribution in [0.2, 0.25) is 0 Å². The summed E-state index contributed by atoms with van der Waals surface area (Å²) in [6.45, 7) is 1.58. The molecule has 9 nitrogen and oxygen atoms in total. The molecule has 0 atom stereocenters. The highest BCUT2D eigenvalue weighted by Crippen LogP contribution is 2.19. The van der Waals surface area contributed by atoms with Crippen molar-refractivity contribution in [3.8, 4) is 17.3 Å². The van der Waals surface area contributed by atoms with Crippen molar-refractivity contribution in [1.82, 2.24) is 25.4 Å². The number of nitrogens with one attached hydrogen (secondary N) is 1. The second-order valence-electron chi connectivity index (χ2n) is 4.82. The number of hydrogen-bond donors (Lipinski definition) is 1. The van der Waals surface area contributed by atoms with Crippen LogP contribution in [0.4, 0.5) is 5.69 Å². The van der Waals surface area contributed by atoms with Gasteiger partial charge in [0.25, 0.3) is 11.8 Å². The number of hydrogen-bond acceptors (Lipinski definition) is 7. The predicted octanol–water partition coefficient (Wildman–Crippen LogP) is 1.19. The quantitative estimate of drug-likeness (QED) is 0.753. The van der Waals surface area contributed by atoms with Crippen LogP contribution >= 0.6 is 0 Å². The van der Waals surface area contributed by atoms with Crippen molar-refractivity contribution in [1.29, 1.82) is 0 Å². The minimum absolute atomic E-state index is 0.165. The van der Waals surface area contributed by atoms with E-state index in [1.807, 2.05) is 12.1 Å². The van der Waals surface area contributed by atoms with Crippen LogP contribution in [0.25, 0.3) is 11.4 Å². The minimum Gasteiger partial charge on any atom is -0.465 e. The van der Waals surface area contributed by atoms with Gasteiger partial charge >= 0.3 is 0 Å². The average Bonchev–Trinajstić information content (AvgIpc) is 3.14. The third-order valence-corrected chi connectivity index (χ3v) is 2.98. The zero-order chi connectivity index (χ0) is 16.2. The third-order valence-electron chi connectivity index (χ3n) is 2.98. The van der Waals surface area contributed by atoms with Crippen LogP contribution in [0.5, 0.6) is 5.88 Å². The Morgan fingerprint density at radius 2 is 2.26 bits per heavy atom. The van der Waals surface area contributed by atoms with Gasteiger partial charge in [0.05, 0.1) is 0 Å². The van der Waals surface area contributed by atoms with E-state index in [0.717, 1.165) is 5.56 Å². The van der Waals surface area contributed by atoms with E-state index < -0.39 is 0 Å². The van der Waals surface area contributed by atoms with Crippen LogP contribution < -0.4 is 10.1 Å². The molecule has 118 valence electrons. The maximum Gasteiger partial charge on any atom is 0.262 e. The molecular formula is C14H14N6O3. The molecule has 1 amide bonds. The zero-order valence-electron chi connectivity index (χ0n) is 12.6. The average molecular weight is 314 g/mol. The summed E-state index contributed by atoms with van der Waals surface area (Å²) in [7, 11) is 1.74. The highest BCUT2D eigenvalue weighted by Gasteiger charge is 2.09. The summed E-state index contributed by atoms with van der Waals surface area (Å²) in [5, 5.41) is 17.7. The molecule has 23 heavy (non-hydrogen) atoms. The number of aryl methyl sites for hydroxylation is 2. The lowest BCUT2D eigenvalue weighted by Gasteiger charge is -2.07. The summed E-state index contributed by atoms with van der Waals surface area (Å²) in [5.41, 5.74) is 1.42. The number of anilines is 1. The lowest BCUT2D eigenvalue weighted by Crippen LogP contribution is -2.20. The Bertz CT molecular complexity index is 825. The van der Waals surface area contributed by atoms with Crippen molar-refractivity contribution < 1.29 is 14.1 Å². The molecule has 0 saturated heterocycles. The normalized spacial score (nSPS) is 10.5. The molecular weight excluding hydrogens is 300 g/mol. The maximum atomic E-state index is 11.9. The predicted molar refractivity (Wildman–Crippen MR) is 79.6 cm³/mol. The van der Waals surface area contributed by atoms with E-state index in [9.17, 15) is 4.79 Å². The second kappa shape index (κ2) is 6.26. The largest absolute Gasteiger partial charge is 0.465 e. The number of tetrazole rings is 1. The van der Waals surface area contributed by atoms with Gasteiger partial charge in [0.15, 0.2) is 12.4 Å². The van der Waals surface area contributed by atoms with Crippen LogP contribution in [-0.2, 0) is 11.8 Å². The standard InChI is InChI=1S/C14H14N6O3/c1-9-6-13(17-23-9)22-8-12(21)15-11-5-3-4-10(7-11)14-16-18-19-20(14)2/h3-7H,8H2,1-2H3,(H,15,21). The molecule has 3 aromatic rings. The Labute approximate surface area is 131 Å². The first-order chi connectivity index (χ1) is 11.1. The first-order valence-electron chi connectivity index (χ1n) is 6.80. The molecule has 9 heteroatoms. The molecule has 1 aromatic carbocycles. The maximum absolute atomic E-state index is 11.9. The molecule has 0 aliphatic carbocycles. The molecule has 3 rings (SSSR count). The Kier molecular flexibility index (Phi) is 4.00. The van der Waals surface area contributed by atoms with Crippen LogP contribution in [-0.4, -0.2) is 37.9 Å². The van der Waals surface area contributed by atoms with Gasteiger partial charge in [0.2, 0.25) is 0 Å². The first kappa shape index (κ1) is 14.7. The van der Waals surface area contributed by atoms with Crippen molar-refractivity contribution in [2.24, 2.45) is 7.05 Å². The van der Waals surface area contributed by atoms with E-state index in [2.05, 4.69) is 26.0 Å². The van der Waals surface area contributed by atoms with Gasteiger partial charge < -0.3 is 14.6 Å². The number of carbonyl (C=O) groups is 1. The molecule has 2 heterocycles. The van der Waals surface area contributed by atoms with E-state index in [1.54, 1.807) is 36.9 Å². The van der Waals surface area contributed by atoms with Crippen molar-refractivity contribution >= 4 is 11.6 Å². The molecule has 0 aliphatic rings. The summed E-state index contributed by atoms with van der Waals surface area (Å²) in [5.74, 6) is 1.19. The molecule has 0 unspecified atom stereocenters. The van der Waals surface area contributed by atoms with Crippen molar-refractivity contribution in [2.75, 3.05) is 11.9 Å². The van der Waals surface area contributed by atoms with E-state index >= 15 is 0 Å². The Balaban J connectivity index is 1.63. The van der Waals surface area contributed by atoms with E-state index in [1.165, 1.54) is 0 Å². The number of ether oxygens (including phenoxy) is 1. The molecule has 0 spiro atoms. The van der Waals surface area contributed by atoms with Crippen LogP contribution in [0, 0.1) is 6.92 Å². The number of carbonyl (C=O) groups excluding carboxylic acids is 1. The smallest absolute Gasteiger partial charge is 0.262 e. The van der Waals surface area contributed by atoms with E-state index in [4.69, 9.17) is 9.26 Å². The monoisotopic (exact) mass is 314 g/mol. The van der Waals surface area contributed by atoms with Gasteiger partial charge in [-0.2, -0.15) is 0 Å². The Morgan fingerprint density at radius 1 is 1.39 bits per heavy atom. The highest BCUT2D eigenvalue weighted by molar-refractivity contribution is 5.92. The number of aromatic nitrogens is 5. The summed E-state index contributed by atoms with van der Waals surface area (Å²) in [4.78, 5) is 11.9. The topological polar surface area (TPSA) is 108 Å². The Morgan fingerprint density at radius 3 is 2.96 bits per heavy atom. The second-order valence-corrected chi connectivity index (χ2v) is 4.82. The highest BCUT2D eigenvalue weighted by atomic mass is 16.5. The number of benzene rings is 1. The SMILES string of the molecule is Cc1cc(OCC(=O)Nc2cccc(-c3nnnn3C)c2)no1. The van der Waals surface area contributed by atoms with Gasteiger partial charge in [-0.15, -0.1) is 5.10 Å². The van der Waals surface area contributed by atoms with Crippen LogP contribution in [0.15, 0.2) is 34.9 Å². The number of amides is 1. The fraction of sp³-hybridized carbons (Fsp3) is 0.214.